The molecule has 0 atom stereocenters. The molecule has 14 heavy (non-hydrogen) atoms. The minimum Gasteiger partial charge on any atom is -0.356 e. The van der Waals surface area contributed by atoms with Crippen molar-refractivity contribution in [1.29, 1.82) is 0 Å². The molecule has 84 valence electrons. The van der Waals surface area contributed by atoms with E-state index in [1.807, 2.05) is 6.26 Å². The van der Waals surface area contributed by atoms with Crippen molar-refractivity contribution in [2.45, 2.75) is 26.7 Å². The van der Waals surface area contributed by atoms with Crippen LogP contribution in [0, 0.1) is 5.41 Å². The molecule has 0 aliphatic heterocycles. The molecule has 0 saturated heterocycles. The number of thioether (sulfide) groups is 1. The molecule has 0 saturated carbocycles. The highest BCUT2D eigenvalue weighted by Gasteiger charge is 2.17. The van der Waals surface area contributed by atoms with Crippen molar-refractivity contribution in [2.75, 3.05) is 24.4 Å². The molecule has 1 N–H and O–H groups in total. The van der Waals surface area contributed by atoms with Crippen LogP contribution in [0.3, 0.4) is 0 Å². The lowest BCUT2D eigenvalue weighted by atomic mass is 9.90. The molecule has 0 bridgehead atoms. The van der Waals surface area contributed by atoms with Crippen LogP contribution in [-0.4, -0.2) is 30.3 Å². The Hall–Kier alpha value is 0.110. The first kappa shape index (κ1) is 14.1. The van der Waals surface area contributed by atoms with Crippen molar-refractivity contribution in [3.8, 4) is 0 Å². The predicted molar refractivity (Wildman–Crippen MR) is 65.1 cm³/mol. The van der Waals surface area contributed by atoms with Crippen LogP contribution >= 0.6 is 23.4 Å². The Balaban J connectivity index is 3.64. The molecule has 0 aromatic heterocycles. The maximum Gasteiger partial charge on any atom is 0.220 e. The fourth-order valence-corrected chi connectivity index (χ4v) is 1.87. The lowest BCUT2D eigenvalue weighted by Crippen LogP contribution is -2.34. The normalized spacial score (nSPS) is 11.4. The van der Waals surface area contributed by atoms with Crippen LogP contribution in [-0.2, 0) is 4.79 Å². The standard InChI is InChI=1S/C10H20ClNOS/c1-10(2,5-6-11)8-12-9(13)4-7-14-3/h4-8H2,1-3H3,(H,12,13). The van der Waals surface area contributed by atoms with Gasteiger partial charge in [-0.3, -0.25) is 4.79 Å². The molecule has 0 aliphatic carbocycles. The monoisotopic (exact) mass is 237 g/mol. The molecule has 0 spiro atoms. The third kappa shape index (κ3) is 7.51. The zero-order chi connectivity index (χ0) is 11.0. The Bertz CT molecular complexity index is 174. The Morgan fingerprint density at radius 2 is 2.14 bits per heavy atom. The average molecular weight is 238 g/mol. The number of alkyl halides is 1. The molecular formula is C10H20ClNOS. The van der Waals surface area contributed by atoms with Gasteiger partial charge in [0.15, 0.2) is 0 Å². The van der Waals surface area contributed by atoms with E-state index < -0.39 is 0 Å². The van der Waals surface area contributed by atoms with Crippen LogP contribution in [0.1, 0.15) is 26.7 Å². The van der Waals surface area contributed by atoms with Crippen LogP contribution in [0.2, 0.25) is 0 Å². The molecule has 0 fully saturated rings. The van der Waals surface area contributed by atoms with Crippen LogP contribution in [0.15, 0.2) is 0 Å². The van der Waals surface area contributed by atoms with Gasteiger partial charge in [-0.25, -0.2) is 0 Å². The lowest BCUT2D eigenvalue weighted by molar-refractivity contribution is -0.121. The van der Waals surface area contributed by atoms with Gasteiger partial charge in [-0.15, -0.1) is 11.6 Å². The second-order valence-corrected chi connectivity index (χ2v) is 5.49. The van der Waals surface area contributed by atoms with Crippen LogP contribution in [0.4, 0.5) is 0 Å². The SMILES string of the molecule is CSCCC(=O)NCC(C)(C)CCCl. The molecule has 4 heteroatoms. The number of nitrogens with one attached hydrogen (secondary N) is 1. The molecule has 0 rings (SSSR count). The summed E-state index contributed by atoms with van der Waals surface area (Å²) in [7, 11) is 0. The van der Waals surface area contributed by atoms with Crippen molar-refractivity contribution < 1.29 is 4.79 Å². The summed E-state index contributed by atoms with van der Waals surface area (Å²) in [6, 6.07) is 0. The maximum atomic E-state index is 11.3. The Morgan fingerprint density at radius 3 is 2.64 bits per heavy atom. The molecule has 2 nitrogen and oxygen atoms in total. The summed E-state index contributed by atoms with van der Waals surface area (Å²) in [5.74, 6) is 1.68. The molecule has 0 unspecified atom stereocenters. The van der Waals surface area contributed by atoms with Gasteiger partial charge in [0.1, 0.15) is 0 Å². The van der Waals surface area contributed by atoms with Crippen LogP contribution < -0.4 is 5.32 Å². The topological polar surface area (TPSA) is 29.1 Å². The average Bonchev–Trinajstić information content (AvgIpc) is 2.11. The van der Waals surface area contributed by atoms with Gasteiger partial charge in [0.25, 0.3) is 0 Å². The summed E-state index contributed by atoms with van der Waals surface area (Å²) >= 11 is 7.36. The van der Waals surface area contributed by atoms with Crippen molar-refractivity contribution in [1.82, 2.24) is 5.32 Å². The highest BCUT2D eigenvalue weighted by Crippen LogP contribution is 2.19. The first-order chi connectivity index (χ1) is 6.52. The molecular weight excluding hydrogens is 218 g/mol. The molecule has 1 amide bonds. The van der Waals surface area contributed by atoms with Crippen molar-refractivity contribution in [3.05, 3.63) is 0 Å². The molecule has 0 radical (unpaired) electrons. The predicted octanol–water partition coefficient (Wildman–Crippen LogP) is 2.51. The molecule has 0 aliphatic rings. The Labute approximate surface area is 96.2 Å². The van der Waals surface area contributed by atoms with Gasteiger partial charge in [0.05, 0.1) is 0 Å². The van der Waals surface area contributed by atoms with Gasteiger partial charge < -0.3 is 5.32 Å². The summed E-state index contributed by atoms with van der Waals surface area (Å²) in [4.78, 5) is 11.3. The van der Waals surface area contributed by atoms with Gasteiger partial charge in [-0.05, 0) is 18.1 Å². The van der Waals surface area contributed by atoms with Crippen LogP contribution in [0.25, 0.3) is 0 Å². The zero-order valence-electron chi connectivity index (χ0n) is 9.23. The smallest absolute Gasteiger partial charge is 0.220 e. The quantitative estimate of drug-likeness (QED) is 0.690. The molecule has 0 aromatic rings. The number of carbonyl (C=O) groups excluding carboxylic acids is 1. The molecule has 0 heterocycles. The summed E-state index contributed by atoms with van der Waals surface area (Å²) < 4.78 is 0. The lowest BCUT2D eigenvalue weighted by Gasteiger charge is -2.23. The van der Waals surface area contributed by atoms with Crippen molar-refractivity contribution in [3.63, 3.8) is 0 Å². The van der Waals surface area contributed by atoms with E-state index in [0.717, 1.165) is 12.2 Å². The van der Waals surface area contributed by atoms with Crippen LogP contribution in [0.5, 0.6) is 0 Å². The van der Waals surface area contributed by atoms with Crippen molar-refractivity contribution >= 4 is 29.3 Å². The summed E-state index contributed by atoms with van der Waals surface area (Å²) in [6.07, 6.45) is 3.54. The summed E-state index contributed by atoms with van der Waals surface area (Å²) in [6.45, 7) is 4.95. The van der Waals surface area contributed by atoms with E-state index >= 15 is 0 Å². The van der Waals surface area contributed by atoms with Gasteiger partial charge >= 0.3 is 0 Å². The van der Waals surface area contributed by atoms with E-state index in [4.69, 9.17) is 11.6 Å². The zero-order valence-corrected chi connectivity index (χ0v) is 10.8. The summed E-state index contributed by atoms with van der Waals surface area (Å²) in [5, 5.41) is 2.93. The highest BCUT2D eigenvalue weighted by molar-refractivity contribution is 7.98. The number of rotatable bonds is 7. The number of hydrogen-bond donors (Lipinski definition) is 1. The van der Waals surface area contributed by atoms with Gasteiger partial charge in [0, 0.05) is 24.6 Å². The van der Waals surface area contributed by atoms with E-state index in [9.17, 15) is 4.79 Å². The van der Waals surface area contributed by atoms with E-state index in [2.05, 4.69) is 19.2 Å². The number of halogens is 1. The van der Waals surface area contributed by atoms with E-state index in [1.165, 1.54) is 0 Å². The van der Waals surface area contributed by atoms with E-state index in [-0.39, 0.29) is 11.3 Å². The van der Waals surface area contributed by atoms with Gasteiger partial charge in [0.2, 0.25) is 5.91 Å². The fourth-order valence-electron chi connectivity index (χ4n) is 0.965. The highest BCUT2D eigenvalue weighted by atomic mass is 35.5. The largest absolute Gasteiger partial charge is 0.356 e. The third-order valence-electron chi connectivity index (χ3n) is 2.07. The second-order valence-electron chi connectivity index (χ2n) is 4.12. The minimum absolute atomic E-state index is 0.108. The minimum atomic E-state index is 0.108. The third-order valence-corrected chi connectivity index (χ3v) is 2.87. The van der Waals surface area contributed by atoms with Gasteiger partial charge in [-0.2, -0.15) is 11.8 Å². The molecule has 0 aromatic carbocycles. The Morgan fingerprint density at radius 1 is 1.50 bits per heavy atom. The van der Waals surface area contributed by atoms with E-state index in [0.29, 0.717) is 18.8 Å². The first-order valence-corrected chi connectivity index (χ1v) is 6.76. The maximum absolute atomic E-state index is 11.3. The Kier molecular flexibility index (Phi) is 7.47. The number of carbonyl (C=O) groups is 1. The first-order valence-electron chi connectivity index (χ1n) is 4.83. The van der Waals surface area contributed by atoms with E-state index in [1.54, 1.807) is 11.8 Å². The van der Waals surface area contributed by atoms with Crippen molar-refractivity contribution in [2.24, 2.45) is 5.41 Å². The summed E-state index contributed by atoms with van der Waals surface area (Å²) in [5.41, 5.74) is 0.108. The number of amides is 1. The number of hydrogen-bond acceptors (Lipinski definition) is 2. The second kappa shape index (κ2) is 7.41. The fraction of sp³-hybridized carbons (Fsp3) is 0.900. The van der Waals surface area contributed by atoms with Gasteiger partial charge in [-0.1, -0.05) is 13.8 Å².